The van der Waals surface area contributed by atoms with Crippen LogP contribution in [0.4, 0.5) is 14.5 Å². The smallest absolute Gasteiger partial charge is 0.338 e. The number of carbonyl (C=O) groups excluding carboxylic acids is 1. The van der Waals surface area contributed by atoms with Gasteiger partial charge in [0.2, 0.25) is 5.91 Å². The fourth-order valence-electron chi connectivity index (χ4n) is 2.27. The molecular formula is C15H15F2NO3. The Hall–Kier alpha value is -2.24. The summed E-state index contributed by atoms with van der Waals surface area (Å²) in [5.74, 6) is -4.13. The third-order valence-corrected chi connectivity index (χ3v) is 3.33. The van der Waals surface area contributed by atoms with Gasteiger partial charge in [-0.05, 0) is 31.7 Å². The maximum absolute atomic E-state index is 13.6. The van der Waals surface area contributed by atoms with E-state index in [0.717, 1.165) is 37.3 Å². The first-order chi connectivity index (χ1) is 9.97. The molecule has 0 heterocycles. The Kier molecular flexibility index (Phi) is 4.67. The van der Waals surface area contributed by atoms with Crippen LogP contribution in [0.3, 0.4) is 0 Å². The predicted molar refractivity (Wildman–Crippen MR) is 73.1 cm³/mol. The molecule has 0 saturated carbocycles. The molecule has 0 radical (unpaired) electrons. The van der Waals surface area contributed by atoms with Gasteiger partial charge in [0, 0.05) is 12.5 Å². The van der Waals surface area contributed by atoms with Crippen LogP contribution < -0.4 is 5.32 Å². The maximum atomic E-state index is 13.6. The van der Waals surface area contributed by atoms with E-state index in [-0.39, 0.29) is 12.1 Å². The second-order valence-corrected chi connectivity index (χ2v) is 4.95. The van der Waals surface area contributed by atoms with Gasteiger partial charge in [-0.15, -0.1) is 0 Å². The molecule has 0 atom stereocenters. The summed E-state index contributed by atoms with van der Waals surface area (Å²) < 4.78 is 26.8. The number of hydrogen-bond acceptors (Lipinski definition) is 2. The summed E-state index contributed by atoms with van der Waals surface area (Å²) in [6.07, 6.45) is 6.01. The summed E-state index contributed by atoms with van der Waals surface area (Å²) in [6, 6.07) is 1.25. The van der Waals surface area contributed by atoms with Crippen molar-refractivity contribution in [3.05, 3.63) is 41.0 Å². The Balaban J connectivity index is 2.11. The van der Waals surface area contributed by atoms with Crippen molar-refractivity contribution in [2.24, 2.45) is 0 Å². The molecule has 21 heavy (non-hydrogen) atoms. The Morgan fingerprint density at radius 2 is 1.95 bits per heavy atom. The summed E-state index contributed by atoms with van der Waals surface area (Å²) in [5, 5.41) is 11.1. The molecule has 0 fully saturated rings. The third kappa shape index (κ3) is 3.87. The topological polar surface area (TPSA) is 66.4 Å². The van der Waals surface area contributed by atoms with Crippen LogP contribution in [-0.4, -0.2) is 17.0 Å². The lowest BCUT2D eigenvalue weighted by atomic mass is 9.97. The van der Waals surface area contributed by atoms with Crippen molar-refractivity contribution in [1.29, 1.82) is 0 Å². The number of nitrogens with one attached hydrogen (secondary N) is 1. The van der Waals surface area contributed by atoms with Gasteiger partial charge in [0.25, 0.3) is 0 Å². The van der Waals surface area contributed by atoms with Crippen LogP contribution >= 0.6 is 0 Å². The standard InChI is InChI=1S/C15H15F2NO3/c16-11-8-12(17)13(7-10(11)15(20)21)18-14(19)6-9-4-2-1-3-5-9/h4,7-8H,1-3,5-6H2,(H,18,19)(H,20,21). The molecule has 6 heteroatoms. The molecular weight excluding hydrogens is 280 g/mol. The second kappa shape index (κ2) is 6.47. The molecule has 0 aliphatic heterocycles. The van der Waals surface area contributed by atoms with Gasteiger partial charge < -0.3 is 10.4 Å². The molecule has 0 unspecified atom stereocenters. The van der Waals surface area contributed by atoms with Crippen LogP contribution in [0.2, 0.25) is 0 Å². The van der Waals surface area contributed by atoms with Gasteiger partial charge in [-0.3, -0.25) is 4.79 Å². The fraction of sp³-hybridized carbons (Fsp3) is 0.333. The molecule has 0 bridgehead atoms. The number of carboxylic acids is 1. The van der Waals surface area contributed by atoms with E-state index in [1.807, 2.05) is 6.08 Å². The van der Waals surface area contributed by atoms with Crippen molar-refractivity contribution < 1.29 is 23.5 Å². The number of carboxylic acid groups (broad SMARTS) is 1. The lowest BCUT2D eigenvalue weighted by Gasteiger charge is -2.13. The van der Waals surface area contributed by atoms with Crippen molar-refractivity contribution in [3.8, 4) is 0 Å². The van der Waals surface area contributed by atoms with Crippen LogP contribution in [0, 0.1) is 11.6 Å². The summed E-state index contributed by atoms with van der Waals surface area (Å²) in [5.41, 5.74) is -0.0153. The third-order valence-electron chi connectivity index (χ3n) is 3.33. The van der Waals surface area contributed by atoms with Gasteiger partial charge in [0.05, 0.1) is 11.3 Å². The first kappa shape index (κ1) is 15.2. The highest BCUT2D eigenvalue weighted by Gasteiger charge is 2.17. The van der Waals surface area contributed by atoms with E-state index < -0.39 is 29.1 Å². The molecule has 112 valence electrons. The molecule has 1 amide bonds. The number of carbonyl (C=O) groups is 2. The van der Waals surface area contributed by atoms with Crippen LogP contribution in [0.1, 0.15) is 42.5 Å². The van der Waals surface area contributed by atoms with E-state index in [1.165, 1.54) is 0 Å². The zero-order valence-electron chi connectivity index (χ0n) is 11.3. The summed E-state index contributed by atoms with van der Waals surface area (Å²) in [6.45, 7) is 0. The molecule has 0 saturated heterocycles. The minimum absolute atomic E-state index is 0.138. The zero-order valence-corrected chi connectivity index (χ0v) is 11.3. The van der Waals surface area contributed by atoms with Crippen molar-refractivity contribution in [2.45, 2.75) is 32.1 Å². The summed E-state index contributed by atoms with van der Waals surface area (Å²) in [7, 11) is 0. The van der Waals surface area contributed by atoms with Crippen LogP contribution in [-0.2, 0) is 4.79 Å². The highest BCUT2D eigenvalue weighted by molar-refractivity contribution is 5.95. The van der Waals surface area contributed by atoms with Crippen LogP contribution in [0.5, 0.6) is 0 Å². The van der Waals surface area contributed by atoms with Crippen molar-refractivity contribution in [2.75, 3.05) is 5.32 Å². The van der Waals surface area contributed by atoms with E-state index in [0.29, 0.717) is 6.07 Å². The number of allylic oxidation sites excluding steroid dienone is 1. The highest BCUT2D eigenvalue weighted by Crippen LogP contribution is 2.23. The zero-order chi connectivity index (χ0) is 15.4. The van der Waals surface area contributed by atoms with Gasteiger partial charge >= 0.3 is 5.97 Å². The predicted octanol–water partition coefficient (Wildman–Crippen LogP) is 3.49. The molecule has 2 N–H and O–H groups in total. The minimum atomic E-state index is -1.52. The summed E-state index contributed by atoms with van der Waals surface area (Å²) >= 11 is 0. The van der Waals surface area contributed by atoms with E-state index >= 15 is 0 Å². The van der Waals surface area contributed by atoms with Crippen LogP contribution in [0.25, 0.3) is 0 Å². The number of aromatic carboxylic acids is 1. The van der Waals surface area contributed by atoms with E-state index in [9.17, 15) is 18.4 Å². The molecule has 0 spiro atoms. The molecule has 1 aliphatic rings. The lowest BCUT2D eigenvalue weighted by molar-refractivity contribution is -0.115. The van der Waals surface area contributed by atoms with Gasteiger partial charge in [0.15, 0.2) is 0 Å². The quantitative estimate of drug-likeness (QED) is 0.836. The Morgan fingerprint density at radius 3 is 2.57 bits per heavy atom. The largest absolute Gasteiger partial charge is 0.478 e. The number of halogens is 2. The average Bonchev–Trinajstić information content (AvgIpc) is 2.42. The van der Waals surface area contributed by atoms with Crippen molar-refractivity contribution in [1.82, 2.24) is 0 Å². The normalized spacial score (nSPS) is 14.5. The van der Waals surface area contributed by atoms with Crippen molar-refractivity contribution >= 4 is 17.6 Å². The number of amides is 1. The molecule has 2 rings (SSSR count). The molecule has 4 nitrogen and oxygen atoms in total. The van der Waals surface area contributed by atoms with E-state index in [4.69, 9.17) is 5.11 Å². The van der Waals surface area contributed by atoms with Crippen LogP contribution in [0.15, 0.2) is 23.8 Å². The van der Waals surface area contributed by atoms with Gasteiger partial charge in [0.1, 0.15) is 11.6 Å². The first-order valence-corrected chi connectivity index (χ1v) is 6.67. The monoisotopic (exact) mass is 295 g/mol. The second-order valence-electron chi connectivity index (χ2n) is 4.95. The van der Waals surface area contributed by atoms with E-state index in [2.05, 4.69) is 5.32 Å². The van der Waals surface area contributed by atoms with E-state index in [1.54, 1.807) is 0 Å². The SMILES string of the molecule is O=C(CC1=CCCCC1)Nc1cc(C(=O)O)c(F)cc1F. The first-order valence-electron chi connectivity index (χ1n) is 6.67. The number of rotatable bonds is 4. The fourth-order valence-corrected chi connectivity index (χ4v) is 2.27. The van der Waals surface area contributed by atoms with Gasteiger partial charge in [-0.25, -0.2) is 13.6 Å². The Morgan fingerprint density at radius 1 is 1.19 bits per heavy atom. The minimum Gasteiger partial charge on any atom is -0.478 e. The molecule has 0 aromatic heterocycles. The van der Waals surface area contributed by atoms with Crippen molar-refractivity contribution in [3.63, 3.8) is 0 Å². The molecule has 1 aliphatic carbocycles. The Bertz CT molecular complexity index is 611. The number of anilines is 1. The van der Waals surface area contributed by atoms with Gasteiger partial charge in [-0.1, -0.05) is 11.6 Å². The summed E-state index contributed by atoms with van der Waals surface area (Å²) in [4.78, 5) is 22.6. The lowest BCUT2D eigenvalue weighted by Crippen LogP contribution is -2.15. The maximum Gasteiger partial charge on any atom is 0.338 e. The molecule has 1 aromatic carbocycles. The molecule has 1 aromatic rings. The average molecular weight is 295 g/mol. The van der Waals surface area contributed by atoms with Gasteiger partial charge in [-0.2, -0.15) is 0 Å². The highest BCUT2D eigenvalue weighted by atomic mass is 19.1. The number of benzene rings is 1. The number of hydrogen-bond donors (Lipinski definition) is 2. The Labute approximate surface area is 120 Å².